The van der Waals surface area contributed by atoms with Gasteiger partial charge in [0.25, 0.3) is 0 Å². The number of halogens is 1. The number of nitrogens with zero attached hydrogens (tertiary/aromatic N) is 1. The number of anilines is 1. The van der Waals surface area contributed by atoms with Crippen LogP contribution in [0.25, 0.3) is 10.9 Å². The van der Waals surface area contributed by atoms with E-state index >= 15 is 0 Å². The Balaban J connectivity index is 2.71. The van der Waals surface area contributed by atoms with Crippen molar-refractivity contribution >= 4 is 28.3 Å². The molecule has 1 N–H and O–H groups in total. The molecule has 0 amide bonds. The average Bonchev–Trinajstić information content (AvgIpc) is 2.36. The fourth-order valence-electron chi connectivity index (χ4n) is 1.99. The minimum Gasteiger partial charge on any atom is -0.495 e. The smallest absolute Gasteiger partial charge is 0.139 e. The van der Waals surface area contributed by atoms with Crippen molar-refractivity contribution in [3.8, 4) is 5.75 Å². The van der Waals surface area contributed by atoms with E-state index in [9.17, 15) is 0 Å². The van der Waals surface area contributed by atoms with Crippen molar-refractivity contribution in [2.24, 2.45) is 0 Å². The normalized spacial score (nSPS) is 11.0. The van der Waals surface area contributed by atoms with E-state index in [2.05, 4.69) is 30.2 Å². The Bertz CT molecular complexity index is 582. The summed E-state index contributed by atoms with van der Waals surface area (Å²) in [6.07, 6.45) is 0. The molecule has 3 nitrogen and oxygen atoms in total. The first-order chi connectivity index (χ1) is 8.56. The Labute approximate surface area is 112 Å². The highest BCUT2D eigenvalue weighted by molar-refractivity contribution is 6.32. The molecule has 2 rings (SSSR count). The van der Waals surface area contributed by atoms with Crippen LogP contribution in [-0.4, -0.2) is 19.1 Å². The van der Waals surface area contributed by atoms with Crippen molar-refractivity contribution in [2.75, 3.05) is 19.5 Å². The van der Waals surface area contributed by atoms with E-state index in [4.69, 9.17) is 16.3 Å². The Morgan fingerprint density at radius 3 is 2.56 bits per heavy atom. The molecular weight excluding hydrogens is 248 g/mol. The van der Waals surface area contributed by atoms with Gasteiger partial charge < -0.3 is 10.1 Å². The molecule has 2 aromatic rings. The van der Waals surface area contributed by atoms with Gasteiger partial charge in [-0.05, 0) is 23.6 Å². The summed E-state index contributed by atoms with van der Waals surface area (Å²) in [4.78, 5) is 4.61. The summed E-state index contributed by atoms with van der Waals surface area (Å²) in [5.41, 5.74) is 2.07. The molecule has 0 fully saturated rings. The van der Waals surface area contributed by atoms with E-state index < -0.39 is 0 Å². The second kappa shape index (κ2) is 5.02. The summed E-state index contributed by atoms with van der Waals surface area (Å²) in [5.74, 6) is 1.96. The number of benzene rings is 1. The third-order valence-corrected chi connectivity index (χ3v) is 3.27. The van der Waals surface area contributed by atoms with Gasteiger partial charge >= 0.3 is 0 Å². The third-order valence-electron chi connectivity index (χ3n) is 2.98. The first-order valence-corrected chi connectivity index (χ1v) is 6.30. The summed E-state index contributed by atoms with van der Waals surface area (Å²) in [7, 11) is 3.49. The molecule has 0 unspecified atom stereocenters. The zero-order chi connectivity index (χ0) is 13.3. The molecule has 0 saturated heterocycles. The zero-order valence-electron chi connectivity index (χ0n) is 11.0. The van der Waals surface area contributed by atoms with Gasteiger partial charge in [0, 0.05) is 18.5 Å². The molecule has 4 heteroatoms. The molecule has 0 saturated carbocycles. The predicted octanol–water partition coefficient (Wildman–Crippen LogP) is 4.06. The van der Waals surface area contributed by atoms with E-state index in [0.717, 1.165) is 16.7 Å². The highest BCUT2D eigenvalue weighted by atomic mass is 35.5. The molecule has 18 heavy (non-hydrogen) atoms. The summed E-state index contributed by atoms with van der Waals surface area (Å²) < 4.78 is 5.21. The largest absolute Gasteiger partial charge is 0.495 e. The van der Waals surface area contributed by atoms with Crippen LogP contribution in [0.4, 0.5) is 5.82 Å². The highest BCUT2D eigenvalue weighted by Gasteiger charge is 2.11. The van der Waals surface area contributed by atoms with Crippen LogP contribution in [0.3, 0.4) is 0 Å². The standard InChI is InChI=1S/C14H17ClN2O/c1-8(2)10-5-9-6-11(15)13(18-4)7-12(9)17-14(10)16-3/h5-8H,1-4H3,(H,16,17). The van der Waals surface area contributed by atoms with Crippen LogP contribution in [0.1, 0.15) is 25.3 Å². The summed E-state index contributed by atoms with van der Waals surface area (Å²) in [6.45, 7) is 4.30. The summed E-state index contributed by atoms with van der Waals surface area (Å²) in [5, 5.41) is 4.78. The maximum atomic E-state index is 6.14. The number of rotatable bonds is 3. The molecule has 0 radical (unpaired) electrons. The van der Waals surface area contributed by atoms with Crippen LogP contribution in [-0.2, 0) is 0 Å². The molecule has 0 atom stereocenters. The van der Waals surface area contributed by atoms with Crippen LogP contribution in [0.5, 0.6) is 5.75 Å². The fraction of sp³-hybridized carbons (Fsp3) is 0.357. The van der Waals surface area contributed by atoms with Crippen LogP contribution in [0.15, 0.2) is 18.2 Å². The maximum Gasteiger partial charge on any atom is 0.139 e. The van der Waals surface area contributed by atoms with Gasteiger partial charge in [-0.1, -0.05) is 25.4 Å². The Hall–Kier alpha value is -1.48. The molecular formula is C14H17ClN2O. The monoisotopic (exact) mass is 264 g/mol. The third kappa shape index (κ3) is 2.23. The Kier molecular flexibility index (Phi) is 3.62. The maximum absolute atomic E-state index is 6.14. The van der Waals surface area contributed by atoms with Gasteiger partial charge in [-0.2, -0.15) is 0 Å². The lowest BCUT2D eigenvalue weighted by molar-refractivity contribution is 0.415. The summed E-state index contributed by atoms with van der Waals surface area (Å²) >= 11 is 6.14. The van der Waals surface area contributed by atoms with E-state index in [1.54, 1.807) is 7.11 Å². The van der Waals surface area contributed by atoms with Gasteiger partial charge in [-0.25, -0.2) is 4.98 Å². The quantitative estimate of drug-likeness (QED) is 0.908. The van der Waals surface area contributed by atoms with E-state index in [0.29, 0.717) is 16.7 Å². The number of aromatic nitrogens is 1. The number of hydrogen-bond acceptors (Lipinski definition) is 3. The Morgan fingerprint density at radius 1 is 1.28 bits per heavy atom. The van der Waals surface area contributed by atoms with Crippen LogP contribution >= 0.6 is 11.6 Å². The predicted molar refractivity (Wildman–Crippen MR) is 76.9 cm³/mol. The van der Waals surface area contributed by atoms with Crippen molar-refractivity contribution < 1.29 is 4.74 Å². The number of nitrogens with one attached hydrogen (secondary N) is 1. The van der Waals surface area contributed by atoms with Crippen molar-refractivity contribution in [3.05, 3.63) is 28.8 Å². The molecule has 96 valence electrons. The lowest BCUT2D eigenvalue weighted by Crippen LogP contribution is -2.01. The average molecular weight is 265 g/mol. The molecule has 1 heterocycles. The minimum absolute atomic E-state index is 0.408. The second-order valence-corrected chi connectivity index (χ2v) is 4.92. The van der Waals surface area contributed by atoms with Crippen molar-refractivity contribution in [3.63, 3.8) is 0 Å². The zero-order valence-corrected chi connectivity index (χ0v) is 11.8. The molecule has 1 aromatic carbocycles. The fourth-order valence-corrected chi connectivity index (χ4v) is 2.24. The molecule has 0 bridgehead atoms. The second-order valence-electron chi connectivity index (χ2n) is 4.51. The lowest BCUT2D eigenvalue weighted by atomic mass is 10.0. The number of methoxy groups -OCH3 is 1. The molecule has 1 aromatic heterocycles. The van der Waals surface area contributed by atoms with Gasteiger partial charge in [-0.15, -0.1) is 0 Å². The molecule has 0 aliphatic rings. The lowest BCUT2D eigenvalue weighted by Gasteiger charge is -2.14. The van der Waals surface area contributed by atoms with Crippen LogP contribution in [0.2, 0.25) is 5.02 Å². The van der Waals surface area contributed by atoms with E-state index in [1.165, 1.54) is 5.56 Å². The van der Waals surface area contributed by atoms with Gasteiger partial charge in [0.2, 0.25) is 0 Å². The van der Waals surface area contributed by atoms with Gasteiger partial charge in [0.1, 0.15) is 11.6 Å². The van der Waals surface area contributed by atoms with Crippen LogP contribution in [0, 0.1) is 0 Å². The summed E-state index contributed by atoms with van der Waals surface area (Å²) in [6, 6.07) is 5.89. The van der Waals surface area contributed by atoms with Gasteiger partial charge in [0.05, 0.1) is 17.6 Å². The van der Waals surface area contributed by atoms with Crippen molar-refractivity contribution in [2.45, 2.75) is 19.8 Å². The van der Waals surface area contributed by atoms with Crippen LogP contribution < -0.4 is 10.1 Å². The molecule has 0 spiro atoms. The topological polar surface area (TPSA) is 34.2 Å². The molecule has 0 aliphatic heterocycles. The van der Waals surface area contributed by atoms with Crippen molar-refractivity contribution in [1.29, 1.82) is 0 Å². The SMILES string of the molecule is CNc1nc2cc(OC)c(Cl)cc2cc1C(C)C. The number of hydrogen-bond donors (Lipinski definition) is 1. The number of ether oxygens (including phenoxy) is 1. The van der Waals surface area contributed by atoms with Gasteiger partial charge in [-0.3, -0.25) is 0 Å². The first-order valence-electron chi connectivity index (χ1n) is 5.92. The van der Waals surface area contributed by atoms with Gasteiger partial charge in [0.15, 0.2) is 0 Å². The van der Waals surface area contributed by atoms with Crippen molar-refractivity contribution in [1.82, 2.24) is 4.98 Å². The Morgan fingerprint density at radius 2 is 2.00 bits per heavy atom. The minimum atomic E-state index is 0.408. The van der Waals surface area contributed by atoms with E-state index in [-0.39, 0.29) is 0 Å². The first kappa shape index (κ1) is 13.0. The number of pyridine rings is 1. The van der Waals surface area contributed by atoms with E-state index in [1.807, 2.05) is 19.2 Å². The number of fused-ring (bicyclic) bond motifs is 1. The highest BCUT2D eigenvalue weighted by Crippen LogP contribution is 2.32. The molecule has 0 aliphatic carbocycles.